The monoisotopic (exact) mass is 452 g/mol. The van der Waals surface area contributed by atoms with E-state index in [1.54, 1.807) is 31.3 Å². The number of carbonyl (C=O) groups excluding carboxylic acids is 3. The van der Waals surface area contributed by atoms with Gasteiger partial charge in [-0.1, -0.05) is 60.7 Å². The number of fused-ring (bicyclic) bond motifs is 2. The molecule has 33 heavy (non-hydrogen) atoms. The zero-order chi connectivity index (χ0) is 22.9. The fourth-order valence-electron chi connectivity index (χ4n) is 4.23. The third-order valence-electron chi connectivity index (χ3n) is 5.74. The molecular formula is C27H20N2O3S. The number of hydrogen-bond donors (Lipinski definition) is 2. The molecule has 0 saturated carbocycles. The van der Waals surface area contributed by atoms with E-state index in [1.807, 2.05) is 54.6 Å². The Morgan fingerprint density at radius 1 is 0.788 bits per heavy atom. The molecule has 2 N–H and O–H groups in total. The minimum Gasteiger partial charge on any atom is -0.355 e. The van der Waals surface area contributed by atoms with Crippen molar-refractivity contribution < 1.29 is 14.4 Å². The fourth-order valence-corrected chi connectivity index (χ4v) is 5.08. The van der Waals surface area contributed by atoms with Gasteiger partial charge in [0.2, 0.25) is 5.91 Å². The normalized spacial score (nSPS) is 11.7. The molecule has 0 aromatic heterocycles. The summed E-state index contributed by atoms with van der Waals surface area (Å²) >= 11 is 1.41. The molecule has 5 rings (SSSR count). The Morgan fingerprint density at radius 2 is 1.52 bits per heavy atom. The molecule has 0 saturated heterocycles. The summed E-state index contributed by atoms with van der Waals surface area (Å²) in [4.78, 5) is 38.8. The summed E-state index contributed by atoms with van der Waals surface area (Å²) in [7, 11) is 1.55. The average molecular weight is 453 g/mol. The summed E-state index contributed by atoms with van der Waals surface area (Å²) < 4.78 is 0. The molecule has 0 bridgehead atoms. The highest BCUT2D eigenvalue weighted by molar-refractivity contribution is 8.00. The molecule has 0 radical (unpaired) electrons. The van der Waals surface area contributed by atoms with Crippen LogP contribution in [0.15, 0.2) is 83.8 Å². The number of carbonyl (C=O) groups is 3. The maximum Gasteiger partial charge on any atom is 0.253 e. The summed E-state index contributed by atoms with van der Waals surface area (Å²) in [6.45, 7) is 0. The quantitative estimate of drug-likeness (QED) is 0.362. The van der Waals surface area contributed by atoms with E-state index in [9.17, 15) is 14.4 Å². The van der Waals surface area contributed by atoms with Crippen LogP contribution in [0, 0.1) is 0 Å². The van der Waals surface area contributed by atoms with Gasteiger partial charge < -0.3 is 10.6 Å². The number of thioether (sulfide) groups is 1. The van der Waals surface area contributed by atoms with E-state index in [1.165, 1.54) is 11.8 Å². The Morgan fingerprint density at radius 3 is 2.33 bits per heavy atom. The first-order valence-corrected chi connectivity index (χ1v) is 11.5. The molecular weight excluding hydrogens is 432 g/mol. The van der Waals surface area contributed by atoms with Crippen molar-refractivity contribution in [2.75, 3.05) is 18.1 Å². The minimum atomic E-state index is -0.257. The van der Waals surface area contributed by atoms with Gasteiger partial charge in [-0.25, -0.2) is 0 Å². The van der Waals surface area contributed by atoms with Crippen LogP contribution >= 0.6 is 11.8 Å². The predicted molar refractivity (Wildman–Crippen MR) is 132 cm³/mol. The van der Waals surface area contributed by atoms with Crippen LogP contribution in [0.3, 0.4) is 0 Å². The second kappa shape index (κ2) is 8.56. The third-order valence-corrected chi connectivity index (χ3v) is 6.81. The van der Waals surface area contributed by atoms with Crippen molar-refractivity contribution in [1.82, 2.24) is 5.32 Å². The lowest BCUT2D eigenvalue weighted by Crippen LogP contribution is -2.22. The summed E-state index contributed by atoms with van der Waals surface area (Å²) in [5.41, 5.74) is 4.26. The topological polar surface area (TPSA) is 75.3 Å². The van der Waals surface area contributed by atoms with Crippen molar-refractivity contribution in [2.45, 2.75) is 4.90 Å². The Balaban J connectivity index is 1.43. The zero-order valence-electron chi connectivity index (χ0n) is 17.8. The molecule has 0 heterocycles. The van der Waals surface area contributed by atoms with Gasteiger partial charge in [-0.05, 0) is 34.7 Å². The smallest absolute Gasteiger partial charge is 0.253 e. The van der Waals surface area contributed by atoms with Gasteiger partial charge in [0.1, 0.15) is 0 Å². The first kappa shape index (κ1) is 21.0. The second-order valence-electron chi connectivity index (χ2n) is 7.68. The van der Waals surface area contributed by atoms with Gasteiger partial charge in [0.25, 0.3) is 5.91 Å². The molecule has 1 aliphatic carbocycles. The Kier molecular flexibility index (Phi) is 5.44. The molecule has 1 aliphatic rings. The molecule has 4 aromatic rings. The number of ketones is 1. The van der Waals surface area contributed by atoms with Gasteiger partial charge in [-0.2, -0.15) is 0 Å². The molecule has 162 valence electrons. The van der Waals surface area contributed by atoms with Crippen molar-refractivity contribution in [3.05, 3.63) is 95.6 Å². The van der Waals surface area contributed by atoms with Gasteiger partial charge in [-0.3, -0.25) is 14.4 Å². The molecule has 5 nitrogen and oxygen atoms in total. The predicted octanol–water partition coefficient (Wildman–Crippen LogP) is 5.14. The first-order valence-electron chi connectivity index (χ1n) is 10.5. The highest BCUT2D eigenvalue weighted by atomic mass is 32.2. The van der Waals surface area contributed by atoms with E-state index in [-0.39, 0.29) is 23.4 Å². The third kappa shape index (κ3) is 3.68. The first-order chi connectivity index (χ1) is 16.1. The summed E-state index contributed by atoms with van der Waals surface area (Å²) in [5, 5.41) is 7.30. The number of anilines is 1. The highest BCUT2D eigenvalue weighted by Crippen LogP contribution is 2.42. The summed E-state index contributed by atoms with van der Waals surface area (Å²) in [6, 6.07) is 24.3. The van der Waals surface area contributed by atoms with Gasteiger partial charge in [0.05, 0.1) is 17.0 Å². The van der Waals surface area contributed by atoms with E-state index < -0.39 is 0 Å². The summed E-state index contributed by atoms with van der Waals surface area (Å²) in [5.74, 6) is -0.273. The molecule has 0 unspecified atom stereocenters. The Hall–Kier alpha value is -3.90. The molecule has 6 heteroatoms. The standard InChI is InChI=1S/C27H20N2O3S/c1-28-27(32)19-9-4-5-12-22(19)29-24(30)15-33-23-14-13-17-16-7-2-3-8-18(16)26(31)21-11-6-10-20(23)25(17)21/h2-14H,15H2,1H3,(H,28,32)(H,29,30). The molecule has 4 aromatic carbocycles. The van der Waals surface area contributed by atoms with Crippen LogP contribution in [-0.4, -0.2) is 30.4 Å². The maximum atomic E-state index is 13.1. The van der Waals surface area contributed by atoms with Crippen LogP contribution in [0.1, 0.15) is 26.3 Å². The number of nitrogens with one attached hydrogen (secondary N) is 2. The van der Waals surface area contributed by atoms with Crippen LogP contribution in [0.25, 0.3) is 21.9 Å². The van der Waals surface area contributed by atoms with E-state index in [4.69, 9.17) is 0 Å². The van der Waals surface area contributed by atoms with Crippen molar-refractivity contribution in [2.24, 2.45) is 0 Å². The van der Waals surface area contributed by atoms with Crippen LogP contribution in [0.4, 0.5) is 5.69 Å². The van der Waals surface area contributed by atoms with Crippen molar-refractivity contribution in [3.63, 3.8) is 0 Å². The minimum absolute atomic E-state index is 0.0226. The van der Waals surface area contributed by atoms with Gasteiger partial charge in [0.15, 0.2) is 5.78 Å². The lowest BCUT2D eigenvalue weighted by molar-refractivity contribution is -0.113. The van der Waals surface area contributed by atoms with Crippen LogP contribution < -0.4 is 10.6 Å². The lowest BCUT2D eigenvalue weighted by atomic mass is 9.83. The van der Waals surface area contributed by atoms with Gasteiger partial charge in [-0.15, -0.1) is 11.8 Å². The van der Waals surface area contributed by atoms with Crippen molar-refractivity contribution in [3.8, 4) is 11.1 Å². The van der Waals surface area contributed by atoms with Gasteiger partial charge in [0, 0.05) is 28.5 Å². The number of para-hydroxylation sites is 1. The summed E-state index contributed by atoms with van der Waals surface area (Å²) in [6.07, 6.45) is 0. The molecule has 0 spiro atoms. The van der Waals surface area contributed by atoms with E-state index in [2.05, 4.69) is 10.6 Å². The SMILES string of the molecule is CNC(=O)c1ccccc1NC(=O)CSc1ccc2c3c(cccc13)C(=O)c1ccccc1-2. The molecule has 0 aliphatic heterocycles. The van der Waals surface area contributed by atoms with Crippen molar-refractivity contribution in [1.29, 1.82) is 0 Å². The van der Waals surface area contributed by atoms with E-state index in [0.29, 0.717) is 22.4 Å². The number of rotatable bonds is 5. The average Bonchev–Trinajstić information content (AvgIpc) is 2.86. The number of hydrogen-bond acceptors (Lipinski definition) is 4. The zero-order valence-corrected chi connectivity index (χ0v) is 18.7. The van der Waals surface area contributed by atoms with Crippen molar-refractivity contribution >= 4 is 45.8 Å². The fraction of sp³-hybridized carbons (Fsp3) is 0.0741. The van der Waals surface area contributed by atoms with Gasteiger partial charge >= 0.3 is 0 Å². The lowest BCUT2D eigenvalue weighted by Gasteiger charge is -2.21. The number of amides is 2. The second-order valence-corrected chi connectivity index (χ2v) is 8.69. The van der Waals surface area contributed by atoms with Crippen LogP contribution in [0.2, 0.25) is 0 Å². The molecule has 0 atom stereocenters. The van der Waals surface area contributed by atoms with Crippen LogP contribution in [0.5, 0.6) is 0 Å². The Labute approximate surface area is 195 Å². The highest BCUT2D eigenvalue weighted by Gasteiger charge is 2.25. The number of benzene rings is 4. The van der Waals surface area contributed by atoms with E-state index in [0.717, 1.165) is 26.8 Å². The molecule has 0 fully saturated rings. The largest absolute Gasteiger partial charge is 0.355 e. The maximum absolute atomic E-state index is 13.1. The Bertz CT molecular complexity index is 1440. The van der Waals surface area contributed by atoms with E-state index >= 15 is 0 Å². The molecule has 2 amide bonds. The van der Waals surface area contributed by atoms with Crippen LogP contribution in [-0.2, 0) is 4.79 Å².